The van der Waals surface area contributed by atoms with E-state index in [-0.39, 0.29) is 24.8 Å². The summed E-state index contributed by atoms with van der Waals surface area (Å²) in [6.07, 6.45) is 1.79. The van der Waals surface area contributed by atoms with Crippen molar-refractivity contribution in [3.05, 3.63) is 71.3 Å². The zero-order chi connectivity index (χ0) is 24.5. The molecular weight excluding hydrogens is 436 g/mol. The van der Waals surface area contributed by atoms with E-state index in [1.54, 1.807) is 7.05 Å². The van der Waals surface area contributed by atoms with Crippen LogP contribution in [0, 0.1) is 0 Å². The number of ether oxygens (including phenoxy) is 1. The van der Waals surface area contributed by atoms with Gasteiger partial charge in [0.1, 0.15) is 6.10 Å². The highest BCUT2D eigenvalue weighted by Gasteiger charge is 2.35. The number of cyclic esters (lactones) is 1. The van der Waals surface area contributed by atoms with Crippen LogP contribution in [0.5, 0.6) is 0 Å². The number of aryl methyl sites for hydroxylation is 1. The minimum Gasteiger partial charge on any atom is -0.481 e. The average molecular weight is 467 g/mol. The molecular formula is C25H30N4O5. The lowest BCUT2D eigenvalue weighted by Crippen LogP contribution is -2.45. The van der Waals surface area contributed by atoms with Crippen molar-refractivity contribution in [3.63, 3.8) is 0 Å². The van der Waals surface area contributed by atoms with E-state index in [2.05, 4.69) is 10.4 Å². The summed E-state index contributed by atoms with van der Waals surface area (Å²) in [6.45, 7) is 0. The molecule has 180 valence electrons. The van der Waals surface area contributed by atoms with Crippen LogP contribution < -0.4 is 11.2 Å². The van der Waals surface area contributed by atoms with Gasteiger partial charge >= 0.3 is 12.1 Å². The van der Waals surface area contributed by atoms with Crippen molar-refractivity contribution in [2.75, 3.05) is 7.05 Å². The largest absolute Gasteiger partial charge is 0.481 e. The first kappa shape index (κ1) is 24.8. The number of hydrogen-bond acceptors (Lipinski definition) is 6. The third-order valence-electron chi connectivity index (χ3n) is 5.88. The molecule has 0 aliphatic carbocycles. The Morgan fingerprint density at radius 2 is 1.94 bits per heavy atom. The molecule has 0 bridgehead atoms. The highest BCUT2D eigenvalue weighted by Crippen LogP contribution is 2.32. The maximum Gasteiger partial charge on any atom is 0.410 e. The molecule has 2 aromatic carbocycles. The van der Waals surface area contributed by atoms with Gasteiger partial charge in [0.05, 0.1) is 25.1 Å². The monoisotopic (exact) mass is 466 g/mol. The number of rotatable bonds is 10. The fraction of sp³-hybridized carbons (Fsp3) is 0.360. The Morgan fingerprint density at radius 1 is 1.24 bits per heavy atom. The standard InChI is InChI=1S/C25H30N4O5/c1-29-22(19-10-7-18(8-11-19)16-27-26)14-21(34-25(29)33)15-23(30)28-20(13-24(31)32)12-9-17-5-3-2-4-6-17/h2-8,10-11,16,20-22H,9,12-15,26H2,1H3,(H,28,30)(H,31,32)/t20-,21-,22+/m1/s1. The van der Waals surface area contributed by atoms with Gasteiger partial charge in [0.25, 0.3) is 0 Å². The van der Waals surface area contributed by atoms with Crippen molar-refractivity contribution in [2.24, 2.45) is 10.9 Å². The van der Waals surface area contributed by atoms with Crippen molar-refractivity contribution >= 4 is 24.2 Å². The summed E-state index contributed by atoms with van der Waals surface area (Å²) in [4.78, 5) is 38.0. The van der Waals surface area contributed by atoms with Gasteiger partial charge in [-0.05, 0) is 29.5 Å². The molecule has 9 nitrogen and oxygen atoms in total. The number of aliphatic carboxylic acids is 1. The quantitative estimate of drug-likeness (QED) is 0.280. The number of carbonyl (C=O) groups is 3. The normalized spacial score (nSPS) is 19.0. The van der Waals surface area contributed by atoms with E-state index in [1.165, 1.54) is 11.1 Å². The molecule has 0 unspecified atom stereocenters. The highest BCUT2D eigenvalue weighted by molar-refractivity contribution is 5.80. The minimum absolute atomic E-state index is 0.0323. The Kier molecular flexibility index (Phi) is 8.61. The number of carboxylic acids is 1. The second-order valence-electron chi connectivity index (χ2n) is 8.40. The molecule has 1 aliphatic rings. The molecule has 4 N–H and O–H groups in total. The van der Waals surface area contributed by atoms with Crippen LogP contribution in [0.1, 0.15) is 48.4 Å². The summed E-state index contributed by atoms with van der Waals surface area (Å²) in [5.74, 6) is 3.87. The number of carbonyl (C=O) groups excluding carboxylic acids is 2. The maximum absolute atomic E-state index is 12.7. The second kappa shape index (κ2) is 11.8. The first-order valence-corrected chi connectivity index (χ1v) is 11.2. The molecule has 1 fully saturated rings. The summed E-state index contributed by atoms with van der Waals surface area (Å²) in [5.41, 5.74) is 2.82. The van der Waals surface area contributed by atoms with Crippen LogP contribution in [0.3, 0.4) is 0 Å². The highest BCUT2D eigenvalue weighted by atomic mass is 16.6. The Balaban J connectivity index is 1.61. The molecule has 9 heteroatoms. The lowest BCUT2D eigenvalue weighted by molar-refractivity contribution is -0.137. The zero-order valence-electron chi connectivity index (χ0n) is 19.1. The van der Waals surface area contributed by atoms with E-state index >= 15 is 0 Å². The molecule has 0 spiro atoms. The lowest BCUT2D eigenvalue weighted by atomic mass is 9.95. The number of benzene rings is 2. The predicted molar refractivity (Wildman–Crippen MR) is 127 cm³/mol. The summed E-state index contributed by atoms with van der Waals surface area (Å²) in [7, 11) is 1.66. The van der Waals surface area contributed by atoms with Crippen LogP contribution in [0.15, 0.2) is 59.7 Å². The van der Waals surface area contributed by atoms with Gasteiger partial charge in [-0.15, -0.1) is 0 Å². The fourth-order valence-corrected chi connectivity index (χ4v) is 4.10. The molecule has 3 atom stereocenters. The van der Waals surface area contributed by atoms with E-state index in [0.717, 1.165) is 16.7 Å². The number of amides is 2. The van der Waals surface area contributed by atoms with Crippen LogP contribution in [0.25, 0.3) is 0 Å². The van der Waals surface area contributed by atoms with E-state index < -0.39 is 24.2 Å². The molecule has 0 aromatic heterocycles. The van der Waals surface area contributed by atoms with Crippen LogP contribution in [-0.4, -0.2) is 53.4 Å². The van der Waals surface area contributed by atoms with E-state index in [9.17, 15) is 19.5 Å². The number of nitrogens with zero attached hydrogens (tertiary/aromatic N) is 2. The third kappa shape index (κ3) is 7.06. The number of carboxylic acid groups (broad SMARTS) is 1. The minimum atomic E-state index is -0.979. The van der Waals surface area contributed by atoms with Crippen molar-refractivity contribution in [1.29, 1.82) is 0 Å². The van der Waals surface area contributed by atoms with Crippen LogP contribution in [0.4, 0.5) is 4.79 Å². The Morgan fingerprint density at radius 3 is 2.59 bits per heavy atom. The Hall–Kier alpha value is -3.88. The van der Waals surface area contributed by atoms with Gasteiger partial charge in [0.15, 0.2) is 0 Å². The van der Waals surface area contributed by atoms with Gasteiger partial charge in [-0.1, -0.05) is 54.6 Å². The molecule has 1 saturated heterocycles. The molecule has 2 aromatic rings. The summed E-state index contributed by atoms with van der Waals surface area (Å²) < 4.78 is 5.45. The number of nitrogens with one attached hydrogen (secondary N) is 1. The average Bonchev–Trinajstić information content (AvgIpc) is 2.81. The molecule has 2 amide bonds. The van der Waals surface area contributed by atoms with Crippen molar-refractivity contribution in [1.82, 2.24) is 10.2 Å². The van der Waals surface area contributed by atoms with Gasteiger partial charge in [-0.3, -0.25) is 9.59 Å². The number of hydrogen-bond donors (Lipinski definition) is 3. The lowest BCUT2D eigenvalue weighted by Gasteiger charge is -2.37. The topological polar surface area (TPSA) is 134 Å². The van der Waals surface area contributed by atoms with E-state index in [1.807, 2.05) is 54.6 Å². The molecule has 0 saturated carbocycles. The Bertz CT molecular complexity index is 1010. The number of nitrogens with two attached hydrogens (primary N) is 1. The summed E-state index contributed by atoms with van der Waals surface area (Å²) >= 11 is 0. The van der Waals surface area contributed by atoms with Crippen molar-refractivity contribution in [3.8, 4) is 0 Å². The third-order valence-corrected chi connectivity index (χ3v) is 5.88. The van der Waals surface area contributed by atoms with Gasteiger partial charge < -0.3 is 25.9 Å². The smallest absolute Gasteiger partial charge is 0.410 e. The molecule has 3 rings (SSSR count). The molecule has 1 aliphatic heterocycles. The number of hydrazone groups is 1. The predicted octanol–water partition coefficient (Wildman–Crippen LogP) is 2.84. The van der Waals surface area contributed by atoms with E-state index in [0.29, 0.717) is 19.3 Å². The Labute approximate surface area is 198 Å². The first-order chi connectivity index (χ1) is 16.4. The molecule has 0 radical (unpaired) electrons. The van der Waals surface area contributed by atoms with Crippen LogP contribution in [-0.2, 0) is 20.7 Å². The fourth-order valence-electron chi connectivity index (χ4n) is 4.10. The SMILES string of the molecule is CN1C(=O)O[C@@H](CC(=O)N[C@H](CCc2ccccc2)CC(=O)O)C[C@H]1c1ccc(C=NN)cc1. The molecule has 34 heavy (non-hydrogen) atoms. The summed E-state index contributed by atoms with van der Waals surface area (Å²) in [6, 6.07) is 16.4. The van der Waals surface area contributed by atoms with Crippen molar-refractivity contribution < 1.29 is 24.2 Å². The zero-order valence-corrected chi connectivity index (χ0v) is 19.1. The van der Waals surface area contributed by atoms with Crippen molar-refractivity contribution in [2.45, 2.75) is 50.3 Å². The van der Waals surface area contributed by atoms with Crippen LogP contribution in [0.2, 0.25) is 0 Å². The van der Waals surface area contributed by atoms with Gasteiger partial charge in [-0.25, -0.2) is 4.79 Å². The van der Waals surface area contributed by atoms with Gasteiger partial charge in [0, 0.05) is 19.5 Å². The molecule has 1 heterocycles. The van der Waals surface area contributed by atoms with Crippen LogP contribution >= 0.6 is 0 Å². The second-order valence-corrected chi connectivity index (χ2v) is 8.40. The maximum atomic E-state index is 12.7. The van der Waals surface area contributed by atoms with Gasteiger partial charge in [0.2, 0.25) is 5.91 Å². The summed E-state index contributed by atoms with van der Waals surface area (Å²) in [5, 5.41) is 15.6. The van der Waals surface area contributed by atoms with Gasteiger partial charge in [-0.2, -0.15) is 5.10 Å². The van der Waals surface area contributed by atoms with E-state index in [4.69, 9.17) is 10.6 Å². The first-order valence-electron chi connectivity index (χ1n) is 11.2.